The van der Waals surface area contributed by atoms with E-state index in [4.69, 9.17) is 19.4 Å². The number of H-pyrrole nitrogens is 1. The van der Waals surface area contributed by atoms with E-state index < -0.39 is 0 Å². The van der Waals surface area contributed by atoms with Crippen molar-refractivity contribution in [3.8, 4) is 22.4 Å². The number of carbonyl (C=O) groups excluding carboxylic acids is 1. The van der Waals surface area contributed by atoms with Crippen LogP contribution in [-0.2, 0) is 4.79 Å². The number of carbonyl (C=O) groups is 1. The molecular formula is C30H26N8O2. The Morgan fingerprint density at radius 2 is 1.90 bits per heavy atom. The van der Waals surface area contributed by atoms with Gasteiger partial charge >= 0.3 is 0 Å². The van der Waals surface area contributed by atoms with E-state index >= 15 is 0 Å². The molecule has 3 aliphatic rings. The molecule has 2 atom stereocenters. The first kappa shape index (κ1) is 23.2. The topological polar surface area (TPSA) is 144 Å². The third-order valence-electron chi connectivity index (χ3n) is 8.03. The van der Waals surface area contributed by atoms with Crippen molar-refractivity contribution < 1.29 is 9.21 Å². The fourth-order valence-electron chi connectivity index (χ4n) is 5.87. The summed E-state index contributed by atoms with van der Waals surface area (Å²) >= 11 is 0. The van der Waals surface area contributed by atoms with E-state index in [-0.39, 0.29) is 24.0 Å². The first-order chi connectivity index (χ1) is 19.7. The number of fused-ring (bicyclic) bond motifs is 4. The minimum absolute atomic E-state index is 0.0134. The molecule has 0 spiro atoms. The van der Waals surface area contributed by atoms with Crippen molar-refractivity contribution in [1.82, 2.24) is 30.2 Å². The summed E-state index contributed by atoms with van der Waals surface area (Å²) in [6, 6.07) is 7.92. The lowest BCUT2D eigenvalue weighted by molar-refractivity contribution is -0.120. The SMILES string of the molecule is O=C(Nc1cncc(-c2cnc3c(c2)C(c2nc4c(-c5ccoc5)nccc4[nH]2)=NC2NC32)c1)C1CCCCC1. The minimum atomic E-state index is -0.0134. The smallest absolute Gasteiger partial charge is 0.227 e. The van der Waals surface area contributed by atoms with Crippen LogP contribution in [0.15, 0.2) is 71.0 Å². The van der Waals surface area contributed by atoms with Gasteiger partial charge in [0.1, 0.15) is 23.1 Å². The standard InChI is InChI=1S/C30H26N8O2/c39-30(16-4-2-1-3-5-16)34-20-10-18(12-31-14-20)19-11-21-24(33-13-19)27-29(38-27)36-25(21)28-35-22-6-8-32-23(26(22)37-28)17-7-9-40-15-17/h6-16,27,29,38H,1-5H2,(H,34,39)(H,35,37). The molecule has 198 valence electrons. The Morgan fingerprint density at radius 3 is 2.77 bits per heavy atom. The summed E-state index contributed by atoms with van der Waals surface area (Å²) in [6.45, 7) is 0. The van der Waals surface area contributed by atoms with Crippen molar-refractivity contribution in [2.45, 2.75) is 44.3 Å². The van der Waals surface area contributed by atoms with Crippen LogP contribution in [0.1, 0.15) is 55.2 Å². The molecule has 8 rings (SSSR count). The predicted molar refractivity (Wildman–Crippen MR) is 150 cm³/mol. The second kappa shape index (κ2) is 9.20. The van der Waals surface area contributed by atoms with Crippen LogP contribution in [0.2, 0.25) is 0 Å². The maximum Gasteiger partial charge on any atom is 0.227 e. The molecule has 1 saturated heterocycles. The lowest BCUT2D eigenvalue weighted by atomic mass is 9.88. The lowest BCUT2D eigenvalue weighted by Gasteiger charge is -2.20. The quantitative estimate of drug-likeness (QED) is 0.271. The third-order valence-corrected chi connectivity index (χ3v) is 8.03. The molecule has 10 heteroatoms. The van der Waals surface area contributed by atoms with Crippen molar-refractivity contribution in [3.05, 3.63) is 78.7 Å². The number of pyridine rings is 3. The van der Waals surface area contributed by atoms with E-state index in [1.54, 1.807) is 31.1 Å². The van der Waals surface area contributed by atoms with Crippen molar-refractivity contribution in [2.24, 2.45) is 10.9 Å². The molecule has 0 bridgehead atoms. The minimum Gasteiger partial charge on any atom is -0.472 e. The van der Waals surface area contributed by atoms with Gasteiger partial charge in [-0.25, -0.2) is 4.98 Å². The van der Waals surface area contributed by atoms with E-state index in [1.165, 1.54) is 6.42 Å². The molecule has 0 aromatic carbocycles. The number of aromatic nitrogens is 5. The molecule has 5 aromatic rings. The number of nitrogens with one attached hydrogen (secondary N) is 3. The number of amides is 1. The van der Waals surface area contributed by atoms with E-state index in [0.717, 1.165) is 76.1 Å². The summed E-state index contributed by atoms with van der Waals surface area (Å²) < 4.78 is 5.28. The number of furan rings is 1. The Morgan fingerprint density at radius 1 is 1.00 bits per heavy atom. The number of rotatable bonds is 5. The summed E-state index contributed by atoms with van der Waals surface area (Å²) in [5.74, 6) is 0.817. The van der Waals surface area contributed by atoms with Gasteiger partial charge in [-0.1, -0.05) is 19.3 Å². The number of imidazole rings is 1. The predicted octanol–water partition coefficient (Wildman–Crippen LogP) is 5.02. The van der Waals surface area contributed by atoms with Gasteiger partial charge in [-0.05, 0) is 37.1 Å². The third kappa shape index (κ3) is 3.99. The Hall–Kier alpha value is -4.70. The number of anilines is 1. The summed E-state index contributed by atoms with van der Waals surface area (Å²) in [7, 11) is 0. The van der Waals surface area contributed by atoms with Crippen LogP contribution in [0.25, 0.3) is 33.4 Å². The maximum atomic E-state index is 12.8. The monoisotopic (exact) mass is 530 g/mol. The Bertz CT molecular complexity index is 1780. The molecule has 0 radical (unpaired) electrons. The summed E-state index contributed by atoms with van der Waals surface area (Å²) in [5.41, 5.74) is 8.30. The van der Waals surface area contributed by atoms with E-state index in [1.807, 2.05) is 24.4 Å². The van der Waals surface area contributed by atoms with Crippen LogP contribution in [0.5, 0.6) is 0 Å². The molecule has 10 nitrogen and oxygen atoms in total. The highest BCUT2D eigenvalue weighted by atomic mass is 16.3. The molecular weight excluding hydrogens is 504 g/mol. The number of hydrogen-bond acceptors (Lipinski definition) is 8. The van der Waals surface area contributed by atoms with Crippen LogP contribution in [0.4, 0.5) is 5.69 Å². The Labute approximate surface area is 229 Å². The zero-order chi connectivity index (χ0) is 26.6. The largest absolute Gasteiger partial charge is 0.472 e. The average molecular weight is 531 g/mol. The maximum absolute atomic E-state index is 12.8. The lowest BCUT2D eigenvalue weighted by Crippen LogP contribution is -2.24. The molecule has 1 aliphatic carbocycles. The number of aliphatic imine (C=N–C) groups is 1. The van der Waals surface area contributed by atoms with Crippen LogP contribution < -0.4 is 10.6 Å². The molecule has 7 heterocycles. The van der Waals surface area contributed by atoms with Gasteiger partial charge in [0.25, 0.3) is 0 Å². The number of hydrogen-bond donors (Lipinski definition) is 3. The zero-order valence-electron chi connectivity index (χ0n) is 21.6. The summed E-state index contributed by atoms with van der Waals surface area (Å²) in [5, 5.41) is 6.48. The molecule has 3 N–H and O–H groups in total. The molecule has 2 fully saturated rings. The Kier molecular flexibility index (Phi) is 5.34. The van der Waals surface area contributed by atoms with Crippen LogP contribution in [0, 0.1) is 5.92 Å². The first-order valence-electron chi connectivity index (χ1n) is 13.7. The fraction of sp³-hybridized carbons (Fsp3) is 0.267. The summed E-state index contributed by atoms with van der Waals surface area (Å²) in [6.07, 6.45) is 15.7. The van der Waals surface area contributed by atoms with E-state index in [0.29, 0.717) is 11.5 Å². The molecule has 40 heavy (non-hydrogen) atoms. The number of nitrogens with zero attached hydrogens (tertiary/aromatic N) is 5. The second-order valence-corrected chi connectivity index (χ2v) is 10.7. The molecule has 2 unspecified atom stereocenters. The highest BCUT2D eigenvalue weighted by molar-refractivity contribution is 6.14. The van der Waals surface area contributed by atoms with Crippen LogP contribution >= 0.6 is 0 Å². The van der Waals surface area contributed by atoms with E-state index in [9.17, 15) is 4.79 Å². The van der Waals surface area contributed by atoms with Crippen molar-refractivity contribution in [2.75, 3.05) is 5.32 Å². The first-order valence-corrected chi connectivity index (χ1v) is 13.7. The van der Waals surface area contributed by atoms with Crippen LogP contribution in [-0.4, -0.2) is 42.7 Å². The van der Waals surface area contributed by atoms with Gasteiger partial charge in [-0.15, -0.1) is 0 Å². The van der Waals surface area contributed by atoms with Gasteiger partial charge < -0.3 is 14.7 Å². The van der Waals surface area contributed by atoms with Gasteiger partial charge in [-0.2, -0.15) is 0 Å². The second-order valence-electron chi connectivity index (χ2n) is 10.7. The Balaban J connectivity index is 1.14. The van der Waals surface area contributed by atoms with E-state index in [2.05, 4.69) is 31.7 Å². The van der Waals surface area contributed by atoms with Crippen molar-refractivity contribution >= 4 is 28.3 Å². The molecule has 2 aliphatic heterocycles. The van der Waals surface area contributed by atoms with Crippen molar-refractivity contribution in [3.63, 3.8) is 0 Å². The number of aromatic amines is 1. The molecule has 5 aromatic heterocycles. The molecule has 1 saturated carbocycles. The highest BCUT2D eigenvalue weighted by Gasteiger charge is 2.45. The van der Waals surface area contributed by atoms with Gasteiger partial charge in [0, 0.05) is 46.8 Å². The normalized spacial score (nSPS) is 20.1. The van der Waals surface area contributed by atoms with Gasteiger partial charge in [-0.3, -0.25) is 30.1 Å². The fourth-order valence-corrected chi connectivity index (χ4v) is 5.87. The van der Waals surface area contributed by atoms with Gasteiger partial charge in [0.2, 0.25) is 5.91 Å². The van der Waals surface area contributed by atoms with Crippen LogP contribution in [0.3, 0.4) is 0 Å². The summed E-state index contributed by atoms with van der Waals surface area (Å²) in [4.78, 5) is 40.0. The van der Waals surface area contributed by atoms with Gasteiger partial charge in [0.05, 0.1) is 41.7 Å². The average Bonchev–Trinajstić information content (AvgIpc) is 3.36. The van der Waals surface area contributed by atoms with Crippen molar-refractivity contribution in [1.29, 1.82) is 0 Å². The highest BCUT2D eigenvalue weighted by Crippen LogP contribution is 2.39. The molecule has 1 amide bonds. The van der Waals surface area contributed by atoms with Gasteiger partial charge in [0.15, 0.2) is 5.82 Å². The zero-order valence-corrected chi connectivity index (χ0v) is 21.6.